The van der Waals surface area contributed by atoms with Gasteiger partial charge < -0.3 is 25.6 Å². The molecule has 8 heteroatoms. The van der Waals surface area contributed by atoms with Crippen LogP contribution in [0.1, 0.15) is 52.4 Å². The molecule has 2 aliphatic rings. The van der Waals surface area contributed by atoms with Crippen molar-refractivity contribution in [1.82, 2.24) is 15.1 Å². The van der Waals surface area contributed by atoms with E-state index in [1.165, 1.54) is 25.7 Å². The molecule has 1 amide bonds. The number of nitrogens with zero attached hydrogens (tertiary/aromatic N) is 3. The third kappa shape index (κ3) is 6.96. The molecule has 158 valence electrons. The summed E-state index contributed by atoms with van der Waals surface area (Å²) in [7, 11) is 4.31. The van der Waals surface area contributed by atoms with Gasteiger partial charge in [-0.3, -0.25) is 4.99 Å². The van der Waals surface area contributed by atoms with Crippen LogP contribution in [0.25, 0.3) is 0 Å². The summed E-state index contributed by atoms with van der Waals surface area (Å²) in [6.07, 6.45) is 6.44. The molecule has 1 aliphatic carbocycles. The molecule has 0 bridgehead atoms. The molecule has 2 fully saturated rings. The zero-order valence-corrected chi connectivity index (χ0v) is 19.7. The van der Waals surface area contributed by atoms with Gasteiger partial charge in [-0.15, -0.1) is 24.0 Å². The molecule has 1 saturated carbocycles. The van der Waals surface area contributed by atoms with Crippen molar-refractivity contribution in [2.45, 2.75) is 64.0 Å². The molecule has 1 aliphatic heterocycles. The van der Waals surface area contributed by atoms with Crippen molar-refractivity contribution in [3.8, 4) is 0 Å². The van der Waals surface area contributed by atoms with Gasteiger partial charge in [0, 0.05) is 24.7 Å². The van der Waals surface area contributed by atoms with Crippen molar-refractivity contribution in [1.29, 1.82) is 0 Å². The van der Waals surface area contributed by atoms with E-state index in [1.807, 2.05) is 6.92 Å². The van der Waals surface area contributed by atoms with Crippen LogP contribution in [0, 0.1) is 5.92 Å². The molecule has 2 unspecified atom stereocenters. The number of piperidine rings is 1. The van der Waals surface area contributed by atoms with Gasteiger partial charge in [-0.2, -0.15) is 0 Å². The van der Waals surface area contributed by atoms with E-state index in [4.69, 9.17) is 10.5 Å². The second-order valence-electron chi connectivity index (χ2n) is 8.13. The summed E-state index contributed by atoms with van der Waals surface area (Å²) in [5.41, 5.74) is 6.29. The number of hydrogen-bond donors (Lipinski definition) is 2. The number of nitrogens with one attached hydrogen (secondary N) is 1. The minimum absolute atomic E-state index is 0. The fourth-order valence-electron chi connectivity index (χ4n) is 4.23. The third-order valence-corrected chi connectivity index (χ3v) is 5.93. The maximum Gasteiger partial charge on any atom is 0.409 e. The molecule has 0 radical (unpaired) electrons. The number of hydrogen-bond acceptors (Lipinski definition) is 4. The van der Waals surface area contributed by atoms with Crippen molar-refractivity contribution in [3.63, 3.8) is 0 Å². The molecule has 2 rings (SSSR count). The lowest BCUT2D eigenvalue weighted by molar-refractivity contribution is 0.0844. The fraction of sp³-hybridized carbons (Fsp3) is 0.895. The van der Waals surface area contributed by atoms with Gasteiger partial charge in [0.05, 0.1) is 13.2 Å². The normalized spacial score (nSPS) is 27.2. The van der Waals surface area contributed by atoms with Crippen LogP contribution in [0.5, 0.6) is 0 Å². The second-order valence-corrected chi connectivity index (χ2v) is 8.13. The Morgan fingerprint density at radius 2 is 2.00 bits per heavy atom. The Balaban J connectivity index is 0.00000364. The minimum Gasteiger partial charge on any atom is -0.450 e. The predicted molar refractivity (Wildman–Crippen MR) is 121 cm³/mol. The summed E-state index contributed by atoms with van der Waals surface area (Å²) in [6.45, 7) is 6.72. The van der Waals surface area contributed by atoms with E-state index in [0.29, 0.717) is 25.7 Å². The van der Waals surface area contributed by atoms with E-state index in [0.717, 1.165) is 25.3 Å². The lowest BCUT2D eigenvalue weighted by atomic mass is 9.75. The van der Waals surface area contributed by atoms with E-state index >= 15 is 0 Å². The molecular weight excluding hydrogens is 457 g/mol. The highest BCUT2D eigenvalue weighted by atomic mass is 127. The highest BCUT2D eigenvalue weighted by molar-refractivity contribution is 14.0. The topological polar surface area (TPSA) is 83.2 Å². The summed E-state index contributed by atoms with van der Waals surface area (Å²) in [4.78, 5) is 20.5. The molecule has 3 N–H and O–H groups in total. The van der Waals surface area contributed by atoms with Crippen LogP contribution in [0.3, 0.4) is 0 Å². The lowest BCUT2D eigenvalue weighted by Crippen LogP contribution is -2.52. The molecule has 27 heavy (non-hydrogen) atoms. The van der Waals surface area contributed by atoms with Crippen LogP contribution in [-0.4, -0.2) is 73.8 Å². The highest BCUT2D eigenvalue weighted by Gasteiger charge is 2.36. The summed E-state index contributed by atoms with van der Waals surface area (Å²) in [5.74, 6) is 1.27. The smallest absolute Gasteiger partial charge is 0.409 e. The first kappa shape index (κ1) is 24.3. The van der Waals surface area contributed by atoms with Crippen LogP contribution < -0.4 is 11.1 Å². The SMILES string of the molecule is CCOC(=O)N1CCC(NC(N)=NCC2(N(C)C)CCCC(C)C2)CC1.I. The Morgan fingerprint density at radius 3 is 2.56 bits per heavy atom. The Kier molecular flexibility index (Phi) is 10.1. The van der Waals surface area contributed by atoms with Crippen LogP contribution >= 0.6 is 24.0 Å². The Morgan fingerprint density at radius 1 is 1.33 bits per heavy atom. The molecule has 0 aromatic heterocycles. The predicted octanol–water partition coefficient (Wildman–Crippen LogP) is 2.64. The number of likely N-dealkylation sites (tertiary alicyclic amines) is 1. The number of guanidine groups is 1. The molecule has 0 aromatic carbocycles. The van der Waals surface area contributed by atoms with Crippen LogP contribution in [0.15, 0.2) is 4.99 Å². The quantitative estimate of drug-likeness (QED) is 0.348. The first-order valence-electron chi connectivity index (χ1n) is 10.0. The number of halogens is 1. The van der Waals surface area contributed by atoms with Gasteiger partial charge in [-0.05, 0) is 52.6 Å². The average molecular weight is 495 g/mol. The van der Waals surface area contributed by atoms with E-state index in [1.54, 1.807) is 4.90 Å². The molecule has 0 aromatic rings. The van der Waals surface area contributed by atoms with Gasteiger partial charge >= 0.3 is 6.09 Å². The van der Waals surface area contributed by atoms with Gasteiger partial charge in [0.2, 0.25) is 0 Å². The monoisotopic (exact) mass is 495 g/mol. The van der Waals surface area contributed by atoms with Gasteiger partial charge in [-0.1, -0.05) is 19.8 Å². The van der Waals surface area contributed by atoms with Crippen molar-refractivity contribution < 1.29 is 9.53 Å². The van der Waals surface area contributed by atoms with Gasteiger partial charge in [0.1, 0.15) is 0 Å². The maximum atomic E-state index is 11.8. The number of rotatable bonds is 5. The van der Waals surface area contributed by atoms with Gasteiger partial charge in [-0.25, -0.2) is 4.79 Å². The van der Waals surface area contributed by atoms with Gasteiger partial charge in [0.15, 0.2) is 5.96 Å². The maximum absolute atomic E-state index is 11.8. The Hall–Kier alpha value is -0.770. The van der Waals surface area contributed by atoms with Crippen molar-refractivity contribution in [2.24, 2.45) is 16.6 Å². The number of aliphatic imine (C=N–C) groups is 1. The van der Waals surface area contributed by atoms with Gasteiger partial charge in [0.25, 0.3) is 0 Å². The molecule has 7 nitrogen and oxygen atoms in total. The second kappa shape index (κ2) is 11.3. The first-order valence-corrected chi connectivity index (χ1v) is 10.0. The highest BCUT2D eigenvalue weighted by Crippen LogP contribution is 2.35. The fourth-order valence-corrected chi connectivity index (χ4v) is 4.23. The Labute approximate surface area is 181 Å². The van der Waals surface area contributed by atoms with E-state index in [-0.39, 0.29) is 41.7 Å². The number of carbonyl (C=O) groups is 1. The number of likely N-dealkylation sites (N-methyl/N-ethyl adjacent to an activating group) is 1. The van der Waals surface area contributed by atoms with Crippen molar-refractivity contribution in [2.75, 3.05) is 40.3 Å². The largest absolute Gasteiger partial charge is 0.450 e. The number of carbonyl (C=O) groups excluding carboxylic acids is 1. The molecule has 1 heterocycles. The number of ether oxygens (including phenoxy) is 1. The van der Waals surface area contributed by atoms with Crippen LogP contribution in [0.2, 0.25) is 0 Å². The third-order valence-electron chi connectivity index (χ3n) is 5.93. The lowest BCUT2D eigenvalue weighted by Gasteiger charge is -2.44. The molecule has 2 atom stereocenters. The average Bonchev–Trinajstić information content (AvgIpc) is 2.61. The van der Waals surface area contributed by atoms with Crippen LogP contribution in [0.4, 0.5) is 4.79 Å². The number of nitrogens with two attached hydrogens (primary N) is 1. The van der Waals surface area contributed by atoms with E-state index < -0.39 is 0 Å². The van der Waals surface area contributed by atoms with Crippen molar-refractivity contribution >= 4 is 36.0 Å². The standard InChI is InChI=1S/C19H37N5O2.HI/c1-5-26-18(25)24-11-8-16(9-12-24)22-17(20)21-14-19(23(3)4)10-6-7-15(2)13-19;/h15-16H,5-14H2,1-4H3,(H3,20,21,22);1H. The number of amides is 1. The molecule has 0 spiro atoms. The summed E-state index contributed by atoms with van der Waals surface area (Å²) in [6, 6.07) is 0.269. The van der Waals surface area contributed by atoms with E-state index in [2.05, 4.69) is 36.2 Å². The zero-order chi connectivity index (χ0) is 19.2. The Bertz CT molecular complexity index is 494. The minimum atomic E-state index is -0.216. The summed E-state index contributed by atoms with van der Waals surface area (Å²) in [5, 5.41) is 3.35. The molecule has 1 saturated heterocycles. The zero-order valence-electron chi connectivity index (χ0n) is 17.4. The first-order chi connectivity index (χ1) is 12.4. The van der Waals surface area contributed by atoms with Crippen molar-refractivity contribution in [3.05, 3.63) is 0 Å². The summed E-state index contributed by atoms with van der Waals surface area (Å²) >= 11 is 0. The molecular formula is C19H38IN5O2. The summed E-state index contributed by atoms with van der Waals surface area (Å²) < 4.78 is 5.06. The van der Waals surface area contributed by atoms with E-state index in [9.17, 15) is 4.79 Å². The van der Waals surface area contributed by atoms with Crippen LogP contribution in [-0.2, 0) is 4.74 Å².